The van der Waals surface area contributed by atoms with Gasteiger partial charge in [0.2, 0.25) is 5.91 Å². The van der Waals surface area contributed by atoms with Crippen LogP contribution in [0.15, 0.2) is 29.3 Å². The molecule has 1 heterocycles. The van der Waals surface area contributed by atoms with Crippen molar-refractivity contribution in [3.05, 3.63) is 35.4 Å². The van der Waals surface area contributed by atoms with E-state index in [0.717, 1.165) is 31.0 Å². The number of aliphatic imine (C=N–C) groups is 1. The molecule has 22 heavy (non-hydrogen) atoms. The number of carbonyl (C=O) groups excluding carboxylic acids is 1. The molecule has 2 rings (SSSR count). The Morgan fingerprint density at radius 2 is 2.32 bits per heavy atom. The second-order valence-electron chi connectivity index (χ2n) is 5.12. The average Bonchev–Trinajstić information content (AvgIpc) is 2.90. The van der Waals surface area contributed by atoms with E-state index in [1.807, 2.05) is 17.9 Å². The lowest BCUT2D eigenvalue weighted by atomic mass is 10.1. The Morgan fingerprint density at radius 1 is 1.55 bits per heavy atom. The van der Waals surface area contributed by atoms with Crippen LogP contribution in [0.2, 0.25) is 0 Å². The van der Waals surface area contributed by atoms with E-state index in [-0.39, 0.29) is 30.1 Å². The number of guanidine groups is 1. The zero-order chi connectivity index (χ0) is 15.2. The van der Waals surface area contributed by atoms with Crippen LogP contribution in [-0.2, 0) is 6.54 Å². The highest BCUT2D eigenvalue weighted by Gasteiger charge is 2.22. The number of hydrogen-bond donors (Lipinski definition) is 3. The van der Waals surface area contributed by atoms with Gasteiger partial charge in [0.1, 0.15) is 0 Å². The number of benzene rings is 1. The molecule has 1 aromatic rings. The van der Waals surface area contributed by atoms with Crippen LogP contribution in [0.5, 0.6) is 0 Å². The summed E-state index contributed by atoms with van der Waals surface area (Å²) in [4.78, 5) is 17.8. The molecule has 0 radical (unpaired) electrons. The largest absolute Gasteiger partial charge is 0.391 e. The first kappa shape index (κ1) is 18.7. The summed E-state index contributed by atoms with van der Waals surface area (Å²) in [7, 11) is 0. The summed E-state index contributed by atoms with van der Waals surface area (Å²) >= 11 is 0. The minimum atomic E-state index is -0.435. The van der Waals surface area contributed by atoms with Gasteiger partial charge >= 0.3 is 0 Å². The van der Waals surface area contributed by atoms with Gasteiger partial charge < -0.3 is 21.1 Å². The maximum atomic E-state index is 11.2. The number of aliphatic hydroxyl groups excluding tert-OH is 1. The Kier molecular flexibility index (Phi) is 7.60. The number of likely N-dealkylation sites (tertiary alicyclic amines) is 1. The quantitative estimate of drug-likeness (QED) is 0.386. The molecule has 0 unspecified atom stereocenters. The first-order valence-corrected chi connectivity index (χ1v) is 7.20. The Balaban J connectivity index is 0.00000242. The fourth-order valence-electron chi connectivity index (χ4n) is 2.35. The standard InChI is InChI=1S/C15H22N4O2.HI/c1-2-17-15(19-7-6-13(20)10-19)18-9-11-4-3-5-12(8-11)14(16)21;/h3-5,8,13,20H,2,6-7,9-10H2,1H3,(H2,16,21)(H,17,18);1H/t13-;/m1./s1. The van der Waals surface area contributed by atoms with E-state index in [1.54, 1.807) is 18.2 Å². The van der Waals surface area contributed by atoms with Crippen LogP contribution in [0, 0.1) is 0 Å². The lowest BCUT2D eigenvalue weighted by Crippen LogP contribution is -2.40. The molecule has 6 nitrogen and oxygen atoms in total. The fourth-order valence-corrected chi connectivity index (χ4v) is 2.35. The maximum absolute atomic E-state index is 11.2. The van der Waals surface area contributed by atoms with Gasteiger partial charge in [0.15, 0.2) is 5.96 Å². The van der Waals surface area contributed by atoms with Gasteiger partial charge in [-0.05, 0) is 31.0 Å². The molecule has 0 aromatic heterocycles. The highest BCUT2D eigenvalue weighted by atomic mass is 127. The van der Waals surface area contributed by atoms with E-state index in [9.17, 15) is 9.90 Å². The Labute approximate surface area is 147 Å². The van der Waals surface area contributed by atoms with Gasteiger partial charge in [0.25, 0.3) is 0 Å². The Bertz CT molecular complexity index is 536. The van der Waals surface area contributed by atoms with Crippen molar-refractivity contribution >= 4 is 35.8 Å². The topological polar surface area (TPSA) is 90.9 Å². The number of halogens is 1. The Hall–Kier alpha value is -1.35. The van der Waals surface area contributed by atoms with Crippen LogP contribution >= 0.6 is 24.0 Å². The molecule has 1 aliphatic heterocycles. The zero-order valence-corrected chi connectivity index (χ0v) is 15.0. The van der Waals surface area contributed by atoms with Crippen molar-refractivity contribution in [2.24, 2.45) is 10.7 Å². The summed E-state index contributed by atoms with van der Waals surface area (Å²) in [5.74, 6) is 0.355. The van der Waals surface area contributed by atoms with E-state index >= 15 is 0 Å². The fraction of sp³-hybridized carbons (Fsp3) is 0.467. The average molecular weight is 418 g/mol. The third-order valence-electron chi connectivity index (χ3n) is 3.42. The van der Waals surface area contributed by atoms with Crippen LogP contribution in [-0.4, -0.2) is 47.6 Å². The highest BCUT2D eigenvalue weighted by molar-refractivity contribution is 14.0. The van der Waals surface area contributed by atoms with Crippen LogP contribution < -0.4 is 11.1 Å². The number of β-amino-alcohol motifs (C(OH)–C–C–N with tert-alkyl or cyclic N) is 1. The summed E-state index contributed by atoms with van der Waals surface area (Å²) in [5.41, 5.74) is 6.70. The van der Waals surface area contributed by atoms with Crippen LogP contribution in [0.3, 0.4) is 0 Å². The number of rotatable bonds is 4. The number of nitrogens with one attached hydrogen (secondary N) is 1. The summed E-state index contributed by atoms with van der Waals surface area (Å²) < 4.78 is 0. The summed E-state index contributed by atoms with van der Waals surface area (Å²) in [5, 5.41) is 12.8. The van der Waals surface area contributed by atoms with Gasteiger partial charge in [0.05, 0.1) is 12.6 Å². The van der Waals surface area contributed by atoms with Gasteiger partial charge in [0, 0.05) is 25.2 Å². The third kappa shape index (κ3) is 5.13. The van der Waals surface area contributed by atoms with Crippen LogP contribution in [0.1, 0.15) is 29.3 Å². The molecular weight excluding hydrogens is 395 g/mol. The molecule has 1 aliphatic rings. The van der Waals surface area contributed by atoms with E-state index in [4.69, 9.17) is 5.73 Å². The number of hydrogen-bond acceptors (Lipinski definition) is 3. The third-order valence-corrected chi connectivity index (χ3v) is 3.42. The van der Waals surface area contributed by atoms with Crippen molar-refractivity contribution in [1.82, 2.24) is 10.2 Å². The summed E-state index contributed by atoms with van der Waals surface area (Å²) in [6.45, 7) is 4.65. The molecule has 1 atom stereocenters. The van der Waals surface area contributed by atoms with Crippen molar-refractivity contribution < 1.29 is 9.90 Å². The first-order valence-electron chi connectivity index (χ1n) is 7.20. The molecule has 0 aliphatic carbocycles. The second-order valence-corrected chi connectivity index (χ2v) is 5.12. The highest BCUT2D eigenvalue weighted by Crippen LogP contribution is 2.10. The lowest BCUT2D eigenvalue weighted by Gasteiger charge is -2.20. The lowest BCUT2D eigenvalue weighted by molar-refractivity contribution is 0.1000. The number of aliphatic hydroxyl groups is 1. The molecule has 1 amide bonds. The first-order chi connectivity index (χ1) is 10.1. The SMILES string of the molecule is CCNC(=NCc1cccc(C(N)=O)c1)N1CC[C@@H](O)C1.I. The molecular formula is C15H23IN4O2. The molecule has 0 spiro atoms. The smallest absolute Gasteiger partial charge is 0.248 e. The van der Waals surface area contributed by atoms with E-state index in [1.165, 1.54) is 0 Å². The van der Waals surface area contributed by atoms with Crippen LogP contribution in [0.25, 0.3) is 0 Å². The van der Waals surface area contributed by atoms with Gasteiger partial charge in [-0.1, -0.05) is 12.1 Å². The van der Waals surface area contributed by atoms with Crippen molar-refractivity contribution in [3.63, 3.8) is 0 Å². The minimum absolute atomic E-state index is 0. The molecule has 122 valence electrons. The zero-order valence-electron chi connectivity index (χ0n) is 12.7. The van der Waals surface area contributed by atoms with E-state index in [2.05, 4.69) is 10.3 Å². The predicted molar refractivity (Wildman–Crippen MR) is 97.4 cm³/mol. The van der Waals surface area contributed by atoms with Gasteiger partial charge in [-0.2, -0.15) is 0 Å². The molecule has 0 saturated carbocycles. The van der Waals surface area contributed by atoms with Crippen LogP contribution in [0.4, 0.5) is 0 Å². The van der Waals surface area contributed by atoms with Gasteiger partial charge in [-0.15, -0.1) is 24.0 Å². The van der Waals surface area contributed by atoms with Crippen molar-refractivity contribution in [1.29, 1.82) is 0 Å². The second kappa shape index (κ2) is 8.94. The van der Waals surface area contributed by atoms with Crippen molar-refractivity contribution in [2.45, 2.75) is 26.0 Å². The minimum Gasteiger partial charge on any atom is -0.391 e. The predicted octanol–water partition coefficient (Wildman–Crippen LogP) is 0.936. The number of amides is 1. The molecule has 1 aromatic carbocycles. The summed E-state index contributed by atoms with van der Waals surface area (Å²) in [6.07, 6.45) is 0.480. The molecule has 1 fully saturated rings. The molecule has 1 saturated heterocycles. The molecule has 0 bridgehead atoms. The number of nitrogens with zero attached hydrogens (tertiary/aromatic N) is 2. The number of primary amides is 1. The van der Waals surface area contributed by atoms with Crippen molar-refractivity contribution in [2.75, 3.05) is 19.6 Å². The number of nitrogens with two attached hydrogens (primary N) is 1. The van der Waals surface area contributed by atoms with Crippen molar-refractivity contribution in [3.8, 4) is 0 Å². The molecule has 4 N–H and O–H groups in total. The van der Waals surface area contributed by atoms with E-state index < -0.39 is 5.91 Å². The maximum Gasteiger partial charge on any atom is 0.248 e. The number of carbonyl (C=O) groups is 1. The normalized spacial score (nSPS) is 18.0. The van der Waals surface area contributed by atoms with E-state index in [0.29, 0.717) is 18.7 Å². The monoisotopic (exact) mass is 418 g/mol. The Morgan fingerprint density at radius 3 is 2.91 bits per heavy atom. The van der Waals surface area contributed by atoms with Gasteiger partial charge in [-0.25, -0.2) is 4.99 Å². The van der Waals surface area contributed by atoms with Gasteiger partial charge in [-0.3, -0.25) is 4.79 Å². The molecule has 7 heteroatoms. The summed E-state index contributed by atoms with van der Waals surface area (Å²) in [6, 6.07) is 7.17.